The number of rotatable bonds is 2. The first kappa shape index (κ1) is 9.98. The van der Waals surface area contributed by atoms with E-state index < -0.39 is 5.97 Å². The van der Waals surface area contributed by atoms with Crippen LogP contribution in [0.4, 0.5) is 0 Å². The van der Waals surface area contributed by atoms with E-state index in [1.165, 1.54) is 0 Å². The number of hydrogen-bond donors (Lipinski definition) is 1. The van der Waals surface area contributed by atoms with Crippen LogP contribution in [0.5, 0.6) is 0 Å². The number of aromatic nitrogens is 3. The van der Waals surface area contributed by atoms with Crippen LogP contribution in [0.2, 0.25) is 0 Å². The van der Waals surface area contributed by atoms with Crippen LogP contribution in [-0.4, -0.2) is 25.4 Å². The first-order valence-electron chi connectivity index (χ1n) is 4.88. The Morgan fingerprint density at radius 3 is 2.88 bits per heavy atom. The lowest BCUT2D eigenvalue weighted by atomic mass is 10.2. The fraction of sp³-hybridized carbons (Fsp3) is 0. The van der Waals surface area contributed by atoms with Crippen LogP contribution in [-0.2, 0) is 0 Å². The van der Waals surface area contributed by atoms with Crippen LogP contribution in [0.1, 0.15) is 9.67 Å². The van der Waals surface area contributed by atoms with Gasteiger partial charge in [-0.3, -0.25) is 9.38 Å². The summed E-state index contributed by atoms with van der Waals surface area (Å²) in [6, 6.07) is 5.41. The molecular formula is C11H7N3O2S. The standard InChI is InChI=1S/C11H7N3O2S/c15-10(16)9-8(7-3-1-2-4-12-7)14-6-5-13-11(14)17-9/h1-6H,(H,15,16). The molecule has 84 valence electrons. The Hall–Kier alpha value is -2.21. The van der Waals surface area contributed by atoms with Gasteiger partial charge < -0.3 is 5.11 Å². The van der Waals surface area contributed by atoms with Gasteiger partial charge in [-0.1, -0.05) is 17.4 Å². The molecule has 0 fully saturated rings. The van der Waals surface area contributed by atoms with E-state index in [0.717, 1.165) is 11.3 Å². The summed E-state index contributed by atoms with van der Waals surface area (Å²) in [6.45, 7) is 0. The highest BCUT2D eigenvalue weighted by molar-refractivity contribution is 7.19. The van der Waals surface area contributed by atoms with Crippen LogP contribution in [0.25, 0.3) is 16.3 Å². The molecule has 0 aromatic carbocycles. The number of nitrogens with zero attached hydrogens (tertiary/aromatic N) is 3. The number of hydrogen-bond acceptors (Lipinski definition) is 4. The average Bonchev–Trinajstić information content (AvgIpc) is 2.89. The van der Waals surface area contributed by atoms with Crippen LogP contribution in [0.15, 0.2) is 36.8 Å². The normalized spacial score (nSPS) is 10.8. The Balaban J connectivity index is 2.36. The Morgan fingerprint density at radius 1 is 1.29 bits per heavy atom. The molecule has 0 amide bonds. The minimum Gasteiger partial charge on any atom is -0.477 e. The lowest BCUT2D eigenvalue weighted by molar-refractivity contribution is 0.0702. The van der Waals surface area contributed by atoms with Crippen molar-refractivity contribution in [3.8, 4) is 11.4 Å². The van der Waals surface area contributed by atoms with Crippen molar-refractivity contribution in [2.45, 2.75) is 0 Å². The van der Waals surface area contributed by atoms with E-state index in [1.54, 1.807) is 35.1 Å². The summed E-state index contributed by atoms with van der Waals surface area (Å²) in [7, 11) is 0. The van der Waals surface area contributed by atoms with E-state index in [2.05, 4.69) is 9.97 Å². The second-order valence-electron chi connectivity index (χ2n) is 3.38. The summed E-state index contributed by atoms with van der Waals surface area (Å²) in [5.74, 6) is -0.957. The van der Waals surface area contributed by atoms with Crippen molar-refractivity contribution in [3.05, 3.63) is 41.7 Å². The molecule has 5 nitrogen and oxygen atoms in total. The number of carbonyl (C=O) groups is 1. The third kappa shape index (κ3) is 1.50. The monoisotopic (exact) mass is 245 g/mol. The van der Waals surface area contributed by atoms with E-state index in [9.17, 15) is 9.90 Å². The number of aromatic carboxylic acids is 1. The maximum atomic E-state index is 11.2. The van der Waals surface area contributed by atoms with Gasteiger partial charge in [-0.05, 0) is 12.1 Å². The molecule has 0 unspecified atom stereocenters. The highest BCUT2D eigenvalue weighted by Crippen LogP contribution is 2.29. The van der Waals surface area contributed by atoms with Crippen molar-refractivity contribution in [3.63, 3.8) is 0 Å². The van der Waals surface area contributed by atoms with Crippen molar-refractivity contribution in [2.24, 2.45) is 0 Å². The SMILES string of the molecule is O=C(O)c1sc2nccn2c1-c1ccccn1. The lowest BCUT2D eigenvalue weighted by Gasteiger charge is -2.00. The van der Waals surface area contributed by atoms with Gasteiger partial charge in [0.1, 0.15) is 4.88 Å². The number of thiazole rings is 1. The molecule has 0 spiro atoms. The molecule has 3 aromatic heterocycles. The van der Waals surface area contributed by atoms with Crippen molar-refractivity contribution in [1.82, 2.24) is 14.4 Å². The number of pyridine rings is 1. The first-order chi connectivity index (χ1) is 8.27. The molecule has 0 saturated carbocycles. The van der Waals surface area contributed by atoms with Crippen LogP contribution in [0, 0.1) is 0 Å². The zero-order chi connectivity index (χ0) is 11.8. The second-order valence-corrected chi connectivity index (χ2v) is 4.36. The number of fused-ring (bicyclic) bond motifs is 1. The number of carboxylic acids is 1. The Bertz CT molecular complexity index is 687. The van der Waals surface area contributed by atoms with Gasteiger partial charge in [-0.25, -0.2) is 9.78 Å². The van der Waals surface area contributed by atoms with Crippen LogP contribution >= 0.6 is 11.3 Å². The summed E-state index contributed by atoms with van der Waals surface area (Å²) in [4.78, 5) is 20.4. The van der Waals surface area contributed by atoms with Gasteiger partial charge in [-0.2, -0.15) is 0 Å². The van der Waals surface area contributed by atoms with Crippen LogP contribution < -0.4 is 0 Å². The number of carboxylic acid groups (broad SMARTS) is 1. The van der Waals surface area contributed by atoms with Gasteiger partial charge in [0.2, 0.25) is 0 Å². The highest BCUT2D eigenvalue weighted by Gasteiger charge is 2.20. The minimum absolute atomic E-state index is 0.256. The third-order valence-corrected chi connectivity index (χ3v) is 3.41. The molecule has 1 N–H and O–H groups in total. The van der Waals surface area contributed by atoms with E-state index in [1.807, 2.05) is 6.07 Å². The molecule has 0 saturated heterocycles. The topological polar surface area (TPSA) is 67.5 Å². The quantitative estimate of drug-likeness (QED) is 0.751. The Kier molecular flexibility index (Phi) is 2.15. The summed E-state index contributed by atoms with van der Waals surface area (Å²) in [5, 5.41) is 9.19. The fourth-order valence-electron chi connectivity index (χ4n) is 1.67. The first-order valence-corrected chi connectivity index (χ1v) is 5.69. The maximum absolute atomic E-state index is 11.2. The van der Waals surface area contributed by atoms with Gasteiger partial charge in [0.15, 0.2) is 4.96 Å². The molecule has 3 heterocycles. The lowest BCUT2D eigenvalue weighted by Crippen LogP contribution is -1.98. The molecule has 0 aliphatic heterocycles. The van der Waals surface area contributed by atoms with Crippen molar-refractivity contribution >= 4 is 22.3 Å². The molecule has 0 radical (unpaired) electrons. The largest absolute Gasteiger partial charge is 0.477 e. The molecule has 3 aromatic rings. The smallest absolute Gasteiger partial charge is 0.348 e. The zero-order valence-electron chi connectivity index (χ0n) is 8.57. The summed E-state index contributed by atoms with van der Waals surface area (Å²) in [5.41, 5.74) is 1.21. The van der Waals surface area contributed by atoms with E-state index >= 15 is 0 Å². The van der Waals surface area contributed by atoms with Crippen molar-refractivity contribution < 1.29 is 9.90 Å². The molecule has 17 heavy (non-hydrogen) atoms. The van der Waals surface area contributed by atoms with Gasteiger partial charge >= 0.3 is 5.97 Å². The van der Waals surface area contributed by atoms with Gasteiger partial charge in [0.25, 0.3) is 0 Å². The van der Waals surface area contributed by atoms with Crippen LogP contribution in [0.3, 0.4) is 0 Å². The molecule has 0 bridgehead atoms. The van der Waals surface area contributed by atoms with Crippen molar-refractivity contribution in [1.29, 1.82) is 0 Å². The summed E-state index contributed by atoms with van der Waals surface area (Å²) < 4.78 is 1.75. The van der Waals surface area contributed by atoms with E-state index in [-0.39, 0.29) is 4.88 Å². The fourth-order valence-corrected chi connectivity index (χ4v) is 2.61. The average molecular weight is 245 g/mol. The minimum atomic E-state index is -0.957. The van der Waals surface area contributed by atoms with Gasteiger partial charge in [-0.15, -0.1) is 0 Å². The highest BCUT2D eigenvalue weighted by atomic mass is 32.1. The molecule has 0 atom stereocenters. The predicted octanol–water partition coefficient (Wildman–Crippen LogP) is 2.16. The Morgan fingerprint density at radius 2 is 2.18 bits per heavy atom. The second kappa shape index (κ2) is 3.67. The Labute approximate surface area is 100 Å². The molecule has 3 rings (SSSR count). The van der Waals surface area contributed by atoms with Crippen molar-refractivity contribution in [2.75, 3.05) is 0 Å². The zero-order valence-corrected chi connectivity index (χ0v) is 9.39. The molecular weight excluding hydrogens is 238 g/mol. The van der Waals surface area contributed by atoms with E-state index in [0.29, 0.717) is 16.3 Å². The molecule has 0 aliphatic carbocycles. The molecule has 6 heteroatoms. The van der Waals surface area contributed by atoms with Gasteiger partial charge in [0.05, 0.1) is 11.4 Å². The van der Waals surface area contributed by atoms with E-state index in [4.69, 9.17) is 0 Å². The van der Waals surface area contributed by atoms with Gasteiger partial charge in [0, 0.05) is 18.6 Å². The molecule has 0 aliphatic rings. The summed E-state index contributed by atoms with van der Waals surface area (Å²) in [6.07, 6.45) is 5.02. The third-order valence-electron chi connectivity index (χ3n) is 2.36. The summed E-state index contributed by atoms with van der Waals surface area (Å²) >= 11 is 1.15. The predicted molar refractivity (Wildman–Crippen MR) is 63.3 cm³/mol. The number of imidazole rings is 1. The maximum Gasteiger partial charge on any atom is 0.348 e.